The average molecular weight is 476 g/mol. The molecule has 5 rings (SSSR count). The molecule has 174 valence electrons. The van der Waals surface area contributed by atoms with Crippen molar-refractivity contribution in [3.05, 3.63) is 70.0 Å². The SMILES string of the molecule is COc1cccc2c1CC(N1CCc3nc(-c4ccccc4Cl)n(CC(F)(F)F)c3C1)CC2. The van der Waals surface area contributed by atoms with Crippen LogP contribution in [0.2, 0.25) is 5.02 Å². The molecule has 2 aromatic carbocycles. The summed E-state index contributed by atoms with van der Waals surface area (Å²) in [5, 5.41) is 0.399. The van der Waals surface area contributed by atoms with Gasteiger partial charge in [0.25, 0.3) is 0 Å². The summed E-state index contributed by atoms with van der Waals surface area (Å²) in [4.78, 5) is 6.95. The number of aryl methyl sites for hydroxylation is 1. The zero-order chi connectivity index (χ0) is 23.2. The van der Waals surface area contributed by atoms with E-state index in [1.54, 1.807) is 31.4 Å². The molecule has 1 aromatic heterocycles. The van der Waals surface area contributed by atoms with Gasteiger partial charge < -0.3 is 9.30 Å². The minimum absolute atomic E-state index is 0.250. The minimum atomic E-state index is -4.36. The van der Waals surface area contributed by atoms with Crippen LogP contribution in [0.5, 0.6) is 5.75 Å². The fourth-order valence-electron chi connectivity index (χ4n) is 5.18. The number of rotatable bonds is 4. The minimum Gasteiger partial charge on any atom is -0.496 e. The Labute approximate surface area is 195 Å². The summed E-state index contributed by atoms with van der Waals surface area (Å²) in [7, 11) is 1.68. The van der Waals surface area contributed by atoms with E-state index in [0.29, 0.717) is 35.1 Å². The first-order valence-electron chi connectivity index (χ1n) is 11.1. The number of hydrogen-bond donors (Lipinski definition) is 0. The summed E-state index contributed by atoms with van der Waals surface area (Å²) in [5.41, 5.74) is 4.41. The smallest absolute Gasteiger partial charge is 0.406 e. The summed E-state index contributed by atoms with van der Waals surface area (Å²) < 4.78 is 47.6. The Hall–Kier alpha value is -2.51. The highest BCUT2D eigenvalue weighted by Crippen LogP contribution is 2.36. The Morgan fingerprint density at radius 3 is 2.70 bits per heavy atom. The van der Waals surface area contributed by atoms with Crippen molar-refractivity contribution in [2.45, 2.75) is 51.0 Å². The number of benzene rings is 2. The van der Waals surface area contributed by atoms with E-state index in [0.717, 1.165) is 37.3 Å². The lowest BCUT2D eigenvalue weighted by molar-refractivity contribution is -0.141. The molecule has 0 N–H and O–H groups in total. The zero-order valence-corrected chi connectivity index (χ0v) is 19.1. The highest BCUT2D eigenvalue weighted by atomic mass is 35.5. The molecule has 2 aliphatic rings. The van der Waals surface area contributed by atoms with E-state index in [9.17, 15) is 13.2 Å². The van der Waals surface area contributed by atoms with E-state index >= 15 is 0 Å². The summed E-state index contributed by atoms with van der Waals surface area (Å²) in [6.07, 6.45) is -0.996. The number of methoxy groups -OCH3 is 1. The quantitative estimate of drug-likeness (QED) is 0.485. The number of nitrogens with zero attached hydrogens (tertiary/aromatic N) is 3. The normalized spacial score (nSPS) is 18.6. The number of aromatic nitrogens is 2. The first kappa shape index (κ1) is 22.3. The first-order valence-corrected chi connectivity index (χ1v) is 11.5. The molecule has 0 amide bonds. The maximum absolute atomic E-state index is 13.6. The van der Waals surface area contributed by atoms with Crippen LogP contribution in [0.25, 0.3) is 11.4 Å². The molecular formula is C25H25ClF3N3O. The Morgan fingerprint density at radius 2 is 1.94 bits per heavy atom. The number of ether oxygens (including phenoxy) is 1. The van der Waals surface area contributed by atoms with E-state index < -0.39 is 12.7 Å². The maximum Gasteiger partial charge on any atom is 0.406 e. The van der Waals surface area contributed by atoms with Gasteiger partial charge in [0.2, 0.25) is 0 Å². The van der Waals surface area contributed by atoms with Crippen LogP contribution in [0.3, 0.4) is 0 Å². The molecule has 0 saturated carbocycles. The Balaban J connectivity index is 1.48. The molecule has 0 fully saturated rings. The van der Waals surface area contributed by atoms with Gasteiger partial charge in [-0.25, -0.2) is 4.98 Å². The maximum atomic E-state index is 13.6. The topological polar surface area (TPSA) is 30.3 Å². The summed E-state index contributed by atoms with van der Waals surface area (Å²) in [6, 6.07) is 13.3. The van der Waals surface area contributed by atoms with Crippen molar-refractivity contribution in [1.29, 1.82) is 0 Å². The molecule has 1 aliphatic heterocycles. The van der Waals surface area contributed by atoms with Gasteiger partial charge in [0.1, 0.15) is 18.1 Å². The van der Waals surface area contributed by atoms with E-state index in [4.69, 9.17) is 16.3 Å². The summed E-state index contributed by atoms with van der Waals surface area (Å²) in [5.74, 6) is 1.18. The van der Waals surface area contributed by atoms with Gasteiger partial charge in [0, 0.05) is 31.1 Å². The van der Waals surface area contributed by atoms with Crippen LogP contribution in [0.15, 0.2) is 42.5 Å². The summed E-state index contributed by atoms with van der Waals surface area (Å²) >= 11 is 6.34. The zero-order valence-electron chi connectivity index (χ0n) is 18.3. The third kappa shape index (κ3) is 4.36. The van der Waals surface area contributed by atoms with Crippen LogP contribution in [-0.4, -0.2) is 40.3 Å². The summed E-state index contributed by atoms with van der Waals surface area (Å²) in [6.45, 7) is 0.135. The van der Waals surface area contributed by atoms with Crippen molar-refractivity contribution < 1.29 is 17.9 Å². The highest BCUT2D eigenvalue weighted by molar-refractivity contribution is 6.33. The van der Waals surface area contributed by atoms with E-state index in [-0.39, 0.29) is 6.04 Å². The molecular weight excluding hydrogens is 451 g/mol. The largest absolute Gasteiger partial charge is 0.496 e. The van der Waals surface area contributed by atoms with Crippen molar-refractivity contribution >= 4 is 11.6 Å². The third-order valence-corrected chi connectivity index (χ3v) is 7.08. The second-order valence-electron chi connectivity index (χ2n) is 8.73. The molecule has 0 saturated heterocycles. The van der Waals surface area contributed by atoms with Crippen molar-refractivity contribution in [3.8, 4) is 17.1 Å². The standard InChI is InChI=1S/C25H25ClF3N3O/c1-33-23-8-4-5-16-9-10-17(13-19(16)23)31-12-11-21-22(14-31)32(15-25(27,28)29)24(30-21)18-6-2-3-7-20(18)26/h2-8,17H,9-15H2,1H3. The van der Waals surface area contributed by atoms with Gasteiger partial charge in [0.05, 0.1) is 23.5 Å². The monoisotopic (exact) mass is 475 g/mol. The van der Waals surface area contributed by atoms with Crippen molar-refractivity contribution in [2.75, 3.05) is 13.7 Å². The van der Waals surface area contributed by atoms with Gasteiger partial charge in [0.15, 0.2) is 0 Å². The molecule has 1 atom stereocenters. The van der Waals surface area contributed by atoms with E-state index in [1.807, 2.05) is 12.1 Å². The lowest BCUT2D eigenvalue weighted by Gasteiger charge is -2.38. The number of imidazole rings is 1. The Kier molecular flexibility index (Phi) is 5.87. The van der Waals surface area contributed by atoms with Crippen LogP contribution < -0.4 is 4.74 Å². The predicted octanol–water partition coefficient (Wildman–Crippen LogP) is 5.69. The van der Waals surface area contributed by atoms with Gasteiger partial charge in [-0.2, -0.15) is 13.2 Å². The molecule has 4 nitrogen and oxygen atoms in total. The fourth-order valence-corrected chi connectivity index (χ4v) is 5.40. The molecule has 0 bridgehead atoms. The lowest BCUT2D eigenvalue weighted by Crippen LogP contribution is -2.43. The molecule has 1 aliphatic carbocycles. The van der Waals surface area contributed by atoms with E-state index in [1.165, 1.54) is 15.7 Å². The number of halogens is 4. The van der Waals surface area contributed by atoms with Crippen molar-refractivity contribution in [2.24, 2.45) is 0 Å². The third-order valence-electron chi connectivity index (χ3n) is 6.75. The second kappa shape index (κ2) is 8.69. The molecule has 1 unspecified atom stereocenters. The molecule has 2 heterocycles. The predicted molar refractivity (Wildman–Crippen MR) is 122 cm³/mol. The van der Waals surface area contributed by atoms with Crippen LogP contribution in [0.4, 0.5) is 13.2 Å². The van der Waals surface area contributed by atoms with Gasteiger partial charge >= 0.3 is 6.18 Å². The number of hydrogen-bond acceptors (Lipinski definition) is 3. The Morgan fingerprint density at radius 1 is 1.12 bits per heavy atom. The number of alkyl halides is 3. The van der Waals surface area contributed by atoms with Gasteiger partial charge in [-0.1, -0.05) is 35.9 Å². The van der Waals surface area contributed by atoms with Crippen LogP contribution >= 0.6 is 11.6 Å². The van der Waals surface area contributed by atoms with Crippen LogP contribution in [-0.2, 0) is 32.4 Å². The van der Waals surface area contributed by atoms with Gasteiger partial charge in [-0.05, 0) is 48.6 Å². The van der Waals surface area contributed by atoms with Crippen molar-refractivity contribution in [1.82, 2.24) is 14.5 Å². The number of fused-ring (bicyclic) bond motifs is 2. The molecule has 3 aromatic rings. The van der Waals surface area contributed by atoms with E-state index in [2.05, 4.69) is 16.0 Å². The van der Waals surface area contributed by atoms with Crippen LogP contribution in [0.1, 0.15) is 28.9 Å². The molecule has 8 heteroatoms. The second-order valence-corrected chi connectivity index (χ2v) is 9.13. The van der Waals surface area contributed by atoms with Gasteiger partial charge in [-0.3, -0.25) is 4.90 Å². The average Bonchev–Trinajstić information content (AvgIpc) is 3.14. The molecule has 33 heavy (non-hydrogen) atoms. The molecule has 0 radical (unpaired) electrons. The Bertz CT molecular complexity index is 1160. The van der Waals surface area contributed by atoms with Crippen LogP contribution in [0, 0.1) is 0 Å². The highest BCUT2D eigenvalue weighted by Gasteiger charge is 2.36. The molecule has 0 spiro atoms. The lowest BCUT2D eigenvalue weighted by atomic mass is 9.86. The fraction of sp³-hybridized carbons (Fsp3) is 0.400. The van der Waals surface area contributed by atoms with Gasteiger partial charge in [-0.15, -0.1) is 0 Å². The van der Waals surface area contributed by atoms with Crippen molar-refractivity contribution in [3.63, 3.8) is 0 Å². The first-order chi connectivity index (χ1) is 15.8.